The molecule has 0 saturated carbocycles. The number of aromatic nitrogens is 1. The van der Waals surface area contributed by atoms with Gasteiger partial charge in [-0.25, -0.2) is 0 Å². The third-order valence-corrected chi connectivity index (χ3v) is 4.20. The highest BCUT2D eigenvalue weighted by Gasteiger charge is 2.16. The normalized spacial score (nSPS) is 20.6. The van der Waals surface area contributed by atoms with E-state index in [2.05, 4.69) is 35.1 Å². The summed E-state index contributed by atoms with van der Waals surface area (Å²) in [6.07, 6.45) is 9.24. The Morgan fingerprint density at radius 2 is 2.32 bits per heavy atom. The molecule has 0 bridgehead atoms. The van der Waals surface area contributed by atoms with E-state index in [1.807, 2.05) is 12.4 Å². The average Bonchev–Trinajstić information content (AvgIpc) is 2.42. The largest absolute Gasteiger partial charge is 0.313 e. The predicted octanol–water partition coefficient (Wildman–Crippen LogP) is 2.74. The van der Waals surface area contributed by atoms with Crippen molar-refractivity contribution in [3.8, 4) is 0 Å². The summed E-state index contributed by atoms with van der Waals surface area (Å²) in [6, 6.07) is 2.86. The van der Waals surface area contributed by atoms with Crippen LogP contribution in [0.3, 0.4) is 0 Å². The Morgan fingerprint density at radius 3 is 3.11 bits per heavy atom. The number of nitrogens with zero attached hydrogens (tertiary/aromatic N) is 2. The summed E-state index contributed by atoms with van der Waals surface area (Å²) >= 11 is 0. The lowest BCUT2D eigenvalue weighted by atomic mass is 10.0. The third-order valence-electron chi connectivity index (χ3n) is 4.20. The highest BCUT2D eigenvalue weighted by atomic mass is 15.2. The van der Waals surface area contributed by atoms with Crippen molar-refractivity contribution in [3.05, 3.63) is 29.6 Å². The van der Waals surface area contributed by atoms with E-state index in [1.54, 1.807) is 0 Å². The van der Waals surface area contributed by atoms with Crippen LogP contribution < -0.4 is 5.32 Å². The molecular formula is C16H27N3. The van der Waals surface area contributed by atoms with Crippen molar-refractivity contribution in [3.63, 3.8) is 0 Å². The molecule has 1 aliphatic heterocycles. The van der Waals surface area contributed by atoms with Gasteiger partial charge in [0, 0.05) is 25.0 Å². The van der Waals surface area contributed by atoms with E-state index in [9.17, 15) is 0 Å². The number of likely N-dealkylation sites (tertiary alicyclic amines) is 1. The molecule has 19 heavy (non-hydrogen) atoms. The number of hydrogen-bond donors (Lipinski definition) is 1. The molecular weight excluding hydrogens is 234 g/mol. The second-order valence-electron chi connectivity index (χ2n) is 5.71. The van der Waals surface area contributed by atoms with Gasteiger partial charge in [0.1, 0.15) is 0 Å². The van der Waals surface area contributed by atoms with Crippen molar-refractivity contribution in [2.45, 2.75) is 52.1 Å². The number of aryl methyl sites for hydroxylation is 1. The molecule has 1 fully saturated rings. The summed E-state index contributed by atoms with van der Waals surface area (Å²) in [5.74, 6) is 0. The van der Waals surface area contributed by atoms with Crippen LogP contribution in [0.5, 0.6) is 0 Å². The molecule has 1 aromatic heterocycles. The van der Waals surface area contributed by atoms with Gasteiger partial charge in [-0.2, -0.15) is 0 Å². The van der Waals surface area contributed by atoms with Gasteiger partial charge >= 0.3 is 0 Å². The minimum Gasteiger partial charge on any atom is -0.313 e. The first-order valence-corrected chi connectivity index (χ1v) is 7.61. The highest BCUT2D eigenvalue weighted by Crippen LogP contribution is 2.16. The van der Waals surface area contributed by atoms with Gasteiger partial charge in [0.15, 0.2) is 0 Å². The molecule has 106 valence electrons. The maximum absolute atomic E-state index is 4.18. The van der Waals surface area contributed by atoms with Crippen LogP contribution in [-0.2, 0) is 6.54 Å². The van der Waals surface area contributed by atoms with Crippen LogP contribution in [0.25, 0.3) is 0 Å². The maximum atomic E-state index is 4.18. The Balaban J connectivity index is 1.61. The molecule has 2 heterocycles. The van der Waals surface area contributed by atoms with Gasteiger partial charge in [0.05, 0.1) is 0 Å². The molecule has 3 nitrogen and oxygen atoms in total. The quantitative estimate of drug-likeness (QED) is 0.798. The smallest absolute Gasteiger partial charge is 0.0315 e. The molecule has 0 amide bonds. The van der Waals surface area contributed by atoms with E-state index in [1.165, 1.54) is 49.9 Å². The van der Waals surface area contributed by atoms with Crippen molar-refractivity contribution in [2.75, 3.05) is 19.6 Å². The lowest BCUT2D eigenvalue weighted by Crippen LogP contribution is -2.38. The van der Waals surface area contributed by atoms with Crippen molar-refractivity contribution in [1.82, 2.24) is 15.2 Å². The van der Waals surface area contributed by atoms with E-state index in [0.29, 0.717) is 0 Å². The van der Waals surface area contributed by atoms with E-state index in [4.69, 9.17) is 0 Å². The Kier molecular flexibility index (Phi) is 5.80. The molecule has 3 heteroatoms. The van der Waals surface area contributed by atoms with Crippen molar-refractivity contribution >= 4 is 0 Å². The Hall–Kier alpha value is -0.930. The molecule has 1 atom stereocenters. The van der Waals surface area contributed by atoms with Crippen molar-refractivity contribution in [2.24, 2.45) is 0 Å². The molecule has 2 rings (SSSR count). The van der Waals surface area contributed by atoms with Crippen LogP contribution in [0.15, 0.2) is 18.5 Å². The lowest BCUT2D eigenvalue weighted by molar-refractivity contribution is 0.159. The van der Waals surface area contributed by atoms with Crippen LogP contribution in [0.1, 0.15) is 43.7 Å². The number of piperidine rings is 1. The molecule has 0 aliphatic carbocycles. The first kappa shape index (κ1) is 14.5. The Morgan fingerprint density at radius 1 is 1.42 bits per heavy atom. The van der Waals surface area contributed by atoms with Gasteiger partial charge in [0.2, 0.25) is 0 Å². The molecule has 0 spiro atoms. The zero-order valence-electron chi connectivity index (χ0n) is 12.4. The second kappa shape index (κ2) is 7.61. The Bertz CT molecular complexity index is 378. The van der Waals surface area contributed by atoms with Crippen LogP contribution in [0.2, 0.25) is 0 Å². The van der Waals surface area contributed by atoms with Crippen LogP contribution >= 0.6 is 0 Å². The van der Waals surface area contributed by atoms with Gasteiger partial charge in [0.25, 0.3) is 0 Å². The summed E-state index contributed by atoms with van der Waals surface area (Å²) in [4.78, 5) is 6.82. The summed E-state index contributed by atoms with van der Waals surface area (Å²) < 4.78 is 0. The van der Waals surface area contributed by atoms with E-state index >= 15 is 0 Å². The number of nitrogens with one attached hydrogen (secondary N) is 1. The van der Waals surface area contributed by atoms with Gasteiger partial charge in [-0.3, -0.25) is 4.98 Å². The molecule has 1 aliphatic rings. The van der Waals surface area contributed by atoms with Crippen LogP contribution in [-0.4, -0.2) is 35.6 Å². The van der Waals surface area contributed by atoms with Gasteiger partial charge < -0.3 is 10.2 Å². The van der Waals surface area contributed by atoms with Gasteiger partial charge in [-0.15, -0.1) is 0 Å². The Labute approximate surface area is 117 Å². The summed E-state index contributed by atoms with van der Waals surface area (Å²) in [6.45, 7) is 9.08. The SMILES string of the molecule is Cc1ccncc1CNCCCN1CCCCC1C. The third kappa shape index (κ3) is 4.59. The molecule has 1 saturated heterocycles. The highest BCUT2D eigenvalue weighted by molar-refractivity contribution is 5.20. The average molecular weight is 261 g/mol. The molecule has 0 radical (unpaired) electrons. The molecule has 1 aromatic rings. The van der Waals surface area contributed by atoms with Gasteiger partial charge in [-0.1, -0.05) is 6.42 Å². The standard InChI is InChI=1S/C16H27N3/c1-14-7-9-18-13-16(14)12-17-8-5-11-19-10-4-3-6-15(19)2/h7,9,13,15,17H,3-6,8,10-12H2,1-2H3. The lowest BCUT2D eigenvalue weighted by Gasteiger charge is -2.33. The zero-order chi connectivity index (χ0) is 13.5. The number of hydrogen-bond acceptors (Lipinski definition) is 3. The summed E-state index contributed by atoms with van der Waals surface area (Å²) in [5, 5.41) is 3.53. The summed E-state index contributed by atoms with van der Waals surface area (Å²) in [7, 11) is 0. The zero-order valence-corrected chi connectivity index (χ0v) is 12.4. The van der Waals surface area contributed by atoms with Crippen LogP contribution in [0.4, 0.5) is 0 Å². The fourth-order valence-electron chi connectivity index (χ4n) is 2.80. The number of rotatable bonds is 6. The minimum atomic E-state index is 0.786. The van der Waals surface area contributed by atoms with E-state index in [-0.39, 0.29) is 0 Å². The fourth-order valence-corrected chi connectivity index (χ4v) is 2.80. The molecule has 0 aromatic carbocycles. The predicted molar refractivity (Wildman–Crippen MR) is 80.2 cm³/mol. The fraction of sp³-hybridized carbons (Fsp3) is 0.688. The van der Waals surface area contributed by atoms with Crippen molar-refractivity contribution < 1.29 is 0 Å². The van der Waals surface area contributed by atoms with Gasteiger partial charge in [-0.05, 0) is 69.9 Å². The summed E-state index contributed by atoms with van der Waals surface area (Å²) in [5.41, 5.74) is 2.64. The molecule has 1 N–H and O–H groups in total. The monoisotopic (exact) mass is 261 g/mol. The molecule has 1 unspecified atom stereocenters. The maximum Gasteiger partial charge on any atom is 0.0315 e. The number of pyridine rings is 1. The van der Waals surface area contributed by atoms with Crippen LogP contribution in [0, 0.1) is 6.92 Å². The van der Waals surface area contributed by atoms with E-state index in [0.717, 1.165) is 19.1 Å². The first-order valence-electron chi connectivity index (χ1n) is 7.61. The first-order chi connectivity index (χ1) is 9.27. The van der Waals surface area contributed by atoms with Crippen molar-refractivity contribution in [1.29, 1.82) is 0 Å². The topological polar surface area (TPSA) is 28.2 Å². The minimum absolute atomic E-state index is 0.786. The van der Waals surface area contributed by atoms with E-state index < -0.39 is 0 Å². The second-order valence-corrected chi connectivity index (χ2v) is 5.71.